The molecular weight excluding hydrogens is 536 g/mol. The summed E-state index contributed by atoms with van der Waals surface area (Å²) >= 11 is 0. The van der Waals surface area contributed by atoms with Gasteiger partial charge in [-0.05, 0) is 42.4 Å². The number of hydrogen-bond donors (Lipinski definition) is 3. The van der Waals surface area contributed by atoms with Gasteiger partial charge < -0.3 is 0 Å². The molecule has 10 nitrogen and oxygen atoms in total. The number of benzene rings is 2. The van der Waals surface area contributed by atoms with E-state index in [1.165, 1.54) is 5.01 Å². The van der Waals surface area contributed by atoms with Crippen molar-refractivity contribution in [3.8, 4) is 0 Å². The molecule has 0 aliphatic carbocycles. The molecule has 0 bridgehead atoms. The van der Waals surface area contributed by atoms with E-state index in [2.05, 4.69) is 5.43 Å². The van der Waals surface area contributed by atoms with Crippen LogP contribution in [0.3, 0.4) is 0 Å². The van der Waals surface area contributed by atoms with Crippen molar-refractivity contribution in [3.63, 3.8) is 0 Å². The maximum absolute atomic E-state index is 13.7. The lowest BCUT2D eigenvalue weighted by atomic mass is 9.82. The number of hydroxylamine groups is 1. The molecule has 3 N–H and O–H groups in total. The predicted molar refractivity (Wildman–Crippen MR) is 158 cm³/mol. The second-order valence-corrected chi connectivity index (χ2v) is 11.3. The van der Waals surface area contributed by atoms with Gasteiger partial charge in [-0.15, -0.1) is 0 Å². The van der Waals surface area contributed by atoms with E-state index < -0.39 is 41.4 Å². The van der Waals surface area contributed by atoms with Crippen LogP contribution in [-0.4, -0.2) is 57.7 Å². The number of allylic oxidation sites excluding steroid dienone is 1. The third-order valence-electron chi connectivity index (χ3n) is 7.02. The van der Waals surface area contributed by atoms with Crippen LogP contribution in [0.4, 0.5) is 0 Å². The molecule has 2 aromatic rings. The lowest BCUT2D eigenvalue weighted by Gasteiger charge is -2.31. The summed E-state index contributed by atoms with van der Waals surface area (Å²) in [7, 11) is 0. The van der Waals surface area contributed by atoms with Crippen LogP contribution in [0, 0.1) is 23.7 Å². The Morgan fingerprint density at radius 2 is 1.45 bits per heavy atom. The molecule has 0 aromatic heterocycles. The minimum Gasteiger partial charge on any atom is -0.289 e. The maximum atomic E-state index is 13.7. The molecule has 0 radical (unpaired) electrons. The summed E-state index contributed by atoms with van der Waals surface area (Å²) in [5.41, 5.74) is 5.93. The summed E-state index contributed by atoms with van der Waals surface area (Å²) in [5.74, 6) is -4.33. The first kappa shape index (κ1) is 32.2. The molecule has 2 aromatic carbocycles. The number of fused-ring (bicyclic) bond motifs is 1. The average Bonchev–Trinajstić information content (AvgIpc) is 3.21. The van der Waals surface area contributed by atoms with Crippen molar-refractivity contribution in [2.45, 2.75) is 47.0 Å². The second-order valence-electron chi connectivity index (χ2n) is 11.3. The average molecular weight is 577 g/mol. The van der Waals surface area contributed by atoms with E-state index in [4.69, 9.17) is 0 Å². The van der Waals surface area contributed by atoms with Gasteiger partial charge in [-0.25, -0.2) is 5.48 Å². The van der Waals surface area contributed by atoms with Gasteiger partial charge in [-0.2, -0.15) is 0 Å². The molecule has 10 heteroatoms. The topological polar surface area (TPSA) is 136 Å². The van der Waals surface area contributed by atoms with Gasteiger partial charge in [0.25, 0.3) is 11.8 Å². The highest BCUT2D eigenvalue weighted by atomic mass is 16.5. The summed E-state index contributed by atoms with van der Waals surface area (Å²) in [4.78, 5) is 66.3. The smallest absolute Gasteiger partial charge is 0.261 e. The summed E-state index contributed by atoms with van der Waals surface area (Å²) in [6, 6.07) is 16.0. The van der Waals surface area contributed by atoms with Crippen LogP contribution in [0.5, 0.6) is 0 Å². The van der Waals surface area contributed by atoms with Gasteiger partial charge in [0.05, 0.1) is 23.0 Å². The van der Waals surface area contributed by atoms with Crippen LogP contribution in [0.1, 0.15) is 73.2 Å². The van der Waals surface area contributed by atoms with Gasteiger partial charge in [-0.1, -0.05) is 82.3 Å². The lowest BCUT2D eigenvalue weighted by molar-refractivity contribution is -0.147. The Morgan fingerprint density at radius 3 is 2.00 bits per heavy atom. The van der Waals surface area contributed by atoms with Crippen molar-refractivity contribution < 1.29 is 29.2 Å². The van der Waals surface area contributed by atoms with Gasteiger partial charge in [-0.3, -0.25) is 44.5 Å². The van der Waals surface area contributed by atoms with Crippen molar-refractivity contribution in [2.75, 3.05) is 13.1 Å². The zero-order valence-electron chi connectivity index (χ0n) is 24.6. The quantitative estimate of drug-likeness (QED) is 0.187. The number of hydrazine groups is 1. The van der Waals surface area contributed by atoms with Crippen molar-refractivity contribution in [2.24, 2.45) is 23.7 Å². The molecule has 1 aliphatic rings. The molecule has 3 rings (SSSR count). The summed E-state index contributed by atoms with van der Waals surface area (Å²) in [5, 5.41) is 10.7. The molecular formula is C32H40N4O6. The predicted octanol–water partition coefficient (Wildman–Crippen LogP) is 4.08. The Hall–Kier alpha value is -4.31. The van der Waals surface area contributed by atoms with Crippen LogP contribution in [0.2, 0.25) is 0 Å². The minimum atomic E-state index is -0.897. The molecule has 1 aliphatic heterocycles. The number of carbonyl (C=O) groups is 5. The fraction of sp³-hybridized carbons (Fsp3) is 0.406. The van der Waals surface area contributed by atoms with E-state index in [0.29, 0.717) is 17.5 Å². The van der Waals surface area contributed by atoms with Crippen LogP contribution >= 0.6 is 0 Å². The van der Waals surface area contributed by atoms with Gasteiger partial charge in [0, 0.05) is 19.5 Å². The van der Waals surface area contributed by atoms with Crippen molar-refractivity contribution in [1.29, 1.82) is 0 Å². The van der Waals surface area contributed by atoms with Crippen LogP contribution in [0.15, 0.2) is 60.7 Å². The number of amides is 5. The Labute approximate surface area is 246 Å². The molecule has 1 heterocycles. The monoisotopic (exact) mass is 576 g/mol. The fourth-order valence-electron chi connectivity index (χ4n) is 4.99. The van der Waals surface area contributed by atoms with Crippen molar-refractivity contribution >= 4 is 35.6 Å². The van der Waals surface area contributed by atoms with Crippen LogP contribution in [-0.2, 0) is 14.4 Å². The van der Waals surface area contributed by atoms with Gasteiger partial charge in [0.2, 0.25) is 17.7 Å². The SMILES string of the molecule is CC(C)C[C@@H](C(=O)NN(CC(C)C)C(=O)CCN1C(=O)c2ccccc2C1=O)[C@H](CC=Cc1ccccc1)C(=O)NO. The molecule has 0 fully saturated rings. The van der Waals surface area contributed by atoms with E-state index in [1.807, 2.05) is 64.1 Å². The highest BCUT2D eigenvalue weighted by Crippen LogP contribution is 2.26. The van der Waals surface area contributed by atoms with Gasteiger partial charge in [0.1, 0.15) is 0 Å². The van der Waals surface area contributed by atoms with Crippen molar-refractivity contribution in [1.82, 2.24) is 20.8 Å². The highest BCUT2D eigenvalue weighted by Gasteiger charge is 2.37. The van der Waals surface area contributed by atoms with E-state index in [-0.39, 0.29) is 37.8 Å². The highest BCUT2D eigenvalue weighted by molar-refractivity contribution is 6.21. The summed E-state index contributed by atoms with van der Waals surface area (Å²) in [6.07, 6.45) is 3.96. The third kappa shape index (κ3) is 8.36. The molecule has 0 saturated heterocycles. The van der Waals surface area contributed by atoms with E-state index in [0.717, 1.165) is 10.5 Å². The van der Waals surface area contributed by atoms with Crippen LogP contribution < -0.4 is 10.9 Å². The lowest BCUT2D eigenvalue weighted by Crippen LogP contribution is -2.52. The van der Waals surface area contributed by atoms with Gasteiger partial charge in [0.15, 0.2) is 0 Å². The van der Waals surface area contributed by atoms with E-state index >= 15 is 0 Å². The normalized spacial score (nSPS) is 14.3. The number of nitrogens with one attached hydrogen (secondary N) is 2. The number of nitrogens with zero attached hydrogens (tertiary/aromatic N) is 2. The Kier molecular flexibility index (Phi) is 11.6. The van der Waals surface area contributed by atoms with Crippen LogP contribution in [0.25, 0.3) is 6.08 Å². The zero-order chi connectivity index (χ0) is 30.8. The number of carbonyl (C=O) groups excluding carboxylic acids is 5. The molecule has 5 amide bonds. The third-order valence-corrected chi connectivity index (χ3v) is 7.02. The molecule has 224 valence electrons. The first-order valence-corrected chi connectivity index (χ1v) is 14.2. The van der Waals surface area contributed by atoms with Crippen molar-refractivity contribution in [3.05, 3.63) is 77.4 Å². The first-order valence-electron chi connectivity index (χ1n) is 14.2. The Balaban J connectivity index is 1.75. The molecule has 42 heavy (non-hydrogen) atoms. The molecule has 0 spiro atoms. The van der Waals surface area contributed by atoms with E-state index in [9.17, 15) is 29.2 Å². The second kappa shape index (κ2) is 15.1. The van der Waals surface area contributed by atoms with E-state index in [1.54, 1.807) is 35.8 Å². The first-order chi connectivity index (χ1) is 20.0. The van der Waals surface area contributed by atoms with Gasteiger partial charge >= 0.3 is 0 Å². The Bertz CT molecular complexity index is 1270. The molecule has 2 atom stereocenters. The Morgan fingerprint density at radius 1 is 0.857 bits per heavy atom. The molecule has 0 unspecified atom stereocenters. The minimum absolute atomic E-state index is 0.0116. The fourth-order valence-corrected chi connectivity index (χ4v) is 4.99. The summed E-state index contributed by atoms with van der Waals surface area (Å²) in [6.45, 7) is 7.67. The number of hydrogen-bond acceptors (Lipinski definition) is 6. The number of rotatable bonds is 13. The standard InChI is InChI=1S/C32H40N4O6/c1-21(2)19-27(24(30(39)34-42)16-10-13-23-11-6-5-7-12-23)29(38)33-36(20-22(3)4)28(37)17-18-35-31(40)25-14-8-9-15-26(25)32(35)41/h5-15,21-22,24,27,42H,16-20H2,1-4H3,(H,33,38)(H,34,39)/t24-,27+/m0/s1. The molecule has 0 saturated carbocycles. The largest absolute Gasteiger partial charge is 0.289 e. The zero-order valence-corrected chi connectivity index (χ0v) is 24.6. The maximum Gasteiger partial charge on any atom is 0.261 e. The number of imide groups is 1. The summed E-state index contributed by atoms with van der Waals surface area (Å²) < 4.78 is 0.